The third-order valence-electron chi connectivity index (χ3n) is 4.16. The molecule has 0 unspecified atom stereocenters. The Labute approximate surface area is 112 Å². The summed E-state index contributed by atoms with van der Waals surface area (Å²) >= 11 is 0. The molecule has 0 N–H and O–H groups in total. The number of ether oxygens (including phenoxy) is 1. The summed E-state index contributed by atoms with van der Waals surface area (Å²) in [5.74, 6) is 0.916. The molecule has 2 aromatic carbocycles. The Morgan fingerprint density at radius 1 is 0.842 bits per heavy atom. The molecule has 2 aliphatic rings. The molecule has 0 fully saturated rings. The summed E-state index contributed by atoms with van der Waals surface area (Å²) < 4.78 is 5.39. The summed E-state index contributed by atoms with van der Waals surface area (Å²) in [6.07, 6.45) is 8.81. The quantitative estimate of drug-likeness (QED) is 0.736. The number of benzene rings is 2. The summed E-state index contributed by atoms with van der Waals surface area (Å²) in [5.41, 5.74) is 5.23. The van der Waals surface area contributed by atoms with E-state index in [2.05, 4.69) is 60.7 Å². The van der Waals surface area contributed by atoms with Crippen LogP contribution in [-0.4, -0.2) is 7.11 Å². The van der Waals surface area contributed by atoms with E-state index in [4.69, 9.17) is 4.74 Å². The largest absolute Gasteiger partial charge is 0.497 e. The number of fused-ring (bicyclic) bond motifs is 5. The van der Waals surface area contributed by atoms with Crippen molar-refractivity contribution >= 4 is 0 Å². The molecule has 0 radical (unpaired) electrons. The number of methoxy groups -OCH3 is 1. The summed E-state index contributed by atoms with van der Waals surface area (Å²) in [6.45, 7) is 0. The van der Waals surface area contributed by atoms with Crippen LogP contribution in [0.5, 0.6) is 5.75 Å². The Morgan fingerprint density at radius 2 is 1.58 bits per heavy atom. The smallest absolute Gasteiger partial charge is 0.119 e. The van der Waals surface area contributed by atoms with E-state index in [1.54, 1.807) is 7.11 Å². The van der Waals surface area contributed by atoms with Gasteiger partial charge in [0.1, 0.15) is 5.75 Å². The third-order valence-corrected chi connectivity index (χ3v) is 4.16. The molecular weight excluding hydrogens is 232 g/mol. The summed E-state index contributed by atoms with van der Waals surface area (Å²) in [4.78, 5) is 0. The second kappa shape index (κ2) is 3.61. The topological polar surface area (TPSA) is 9.23 Å². The van der Waals surface area contributed by atoms with Crippen LogP contribution >= 0.6 is 0 Å². The number of hydrogen-bond acceptors (Lipinski definition) is 1. The molecule has 2 aliphatic carbocycles. The highest BCUT2D eigenvalue weighted by Crippen LogP contribution is 2.52. The van der Waals surface area contributed by atoms with Gasteiger partial charge in [-0.1, -0.05) is 54.6 Å². The van der Waals surface area contributed by atoms with Crippen LogP contribution in [0.25, 0.3) is 11.1 Å². The van der Waals surface area contributed by atoms with Crippen molar-refractivity contribution in [2.45, 2.75) is 5.41 Å². The molecule has 0 heterocycles. The van der Waals surface area contributed by atoms with Gasteiger partial charge in [-0.15, -0.1) is 0 Å². The number of allylic oxidation sites excluding steroid dienone is 4. The van der Waals surface area contributed by atoms with E-state index in [1.165, 1.54) is 22.3 Å². The average Bonchev–Trinajstić information content (AvgIpc) is 3.06. The molecule has 4 rings (SSSR count). The Kier molecular flexibility index (Phi) is 2.02. The SMILES string of the molecule is COc1ccc2c(c1)C1(C=CC=C1)c1ccccc1-2. The fourth-order valence-electron chi connectivity index (χ4n) is 3.28. The van der Waals surface area contributed by atoms with E-state index in [-0.39, 0.29) is 5.41 Å². The van der Waals surface area contributed by atoms with E-state index in [1.807, 2.05) is 6.07 Å². The molecule has 0 aliphatic heterocycles. The predicted octanol–water partition coefficient (Wildman–Crippen LogP) is 4.09. The minimum atomic E-state index is -0.0968. The van der Waals surface area contributed by atoms with Crippen LogP contribution in [0, 0.1) is 0 Å². The lowest BCUT2D eigenvalue weighted by atomic mass is 9.80. The Bertz CT molecular complexity index is 710. The standard InChI is InChI=1S/C18H14O/c1-19-13-8-9-15-14-6-2-3-7-16(14)18(17(15)12-13)10-4-5-11-18/h2-12H,1H3. The van der Waals surface area contributed by atoms with Crippen molar-refractivity contribution in [3.8, 4) is 16.9 Å². The van der Waals surface area contributed by atoms with Crippen LogP contribution in [-0.2, 0) is 5.41 Å². The molecule has 1 nitrogen and oxygen atoms in total. The highest BCUT2D eigenvalue weighted by Gasteiger charge is 2.40. The molecule has 0 saturated carbocycles. The van der Waals surface area contributed by atoms with Crippen molar-refractivity contribution in [2.75, 3.05) is 7.11 Å². The maximum Gasteiger partial charge on any atom is 0.119 e. The van der Waals surface area contributed by atoms with Gasteiger partial charge in [0.05, 0.1) is 12.5 Å². The molecule has 92 valence electrons. The number of hydrogen-bond donors (Lipinski definition) is 0. The maximum atomic E-state index is 5.39. The average molecular weight is 246 g/mol. The summed E-state index contributed by atoms with van der Waals surface area (Å²) in [6, 6.07) is 15.0. The zero-order chi connectivity index (χ0) is 12.9. The molecule has 0 aromatic heterocycles. The van der Waals surface area contributed by atoms with Gasteiger partial charge in [0.15, 0.2) is 0 Å². The highest BCUT2D eigenvalue weighted by atomic mass is 16.5. The van der Waals surface area contributed by atoms with E-state index < -0.39 is 0 Å². The van der Waals surface area contributed by atoms with Gasteiger partial charge in [-0.25, -0.2) is 0 Å². The van der Waals surface area contributed by atoms with E-state index in [0.717, 1.165) is 5.75 Å². The van der Waals surface area contributed by atoms with Gasteiger partial charge < -0.3 is 4.74 Å². The molecule has 0 saturated heterocycles. The third kappa shape index (κ3) is 1.25. The van der Waals surface area contributed by atoms with Crippen molar-refractivity contribution in [2.24, 2.45) is 0 Å². The van der Waals surface area contributed by atoms with Gasteiger partial charge >= 0.3 is 0 Å². The minimum absolute atomic E-state index is 0.0968. The van der Waals surface area contributed by atoms with Crippen LogP contribution in [0.2, 0.25) is 0 Å². The lowest BCUT2D eigenvalue weighted by molar-refractivity contribution is 0.414. The Balaban J connectivity index is 2.09. The molecule has 0 amide bonds. The van der Waals surface area contributed by atoms with Crippen LogP contribution in [0.15, 0.2) is 66.8 Å². The number of rotatable bonds is 1. The summed E-state index contributed by atoms with van der Waals surface area (Å²) in [7, 11) is 1.72. The molecule has 1 spiro atoms. The fourth-order valence-corrected chi connectivity index (χ4v) is 3.28. The normalized spacial score (nSPS) is 16.7. The second-order valence-corrected chi connectivity index (χ2v) is 5.04. The first-order valence-electron chi connectivity index (χ1n) is 6.51. The van der Waals surface area contributed by atoms with Crippen molar-refractivity contribution < 1.29 is 4.74 Å². The van der Waals surface area contributed by atoms with Crippen molar-refractivity contribution in [1.29, 1.82) is 0 Å². The zero-order valence-electron chi connectivity index (χ0n) is 10.8. The molecular formula is C18H14O. The first-order chi connectivity index (χ1) is 9.35. The van der Waals surface area contributed by atoms with Gasteiger partial charge in [0.25, 0.3) is 0 Å². The maximum absolute atomic E-state index is 5.39. The van der Waals surface area contributed by atoms with E-state index >= 15 is 0 Å². The van der Waals surface area contributed by atoms with Gasteiger partial charge in [-0.3, -0.25) is 0 Å². The molecule has 0 atom stereocenters. The van der Waals surface area contributed by atoms with Crippen molar-refractivity contribution in [3.63, 3.8) is 0 Å². The van der Waals surface area contributed by atoms with Gasteiger partial charge in [-0.2, -0.15) is 0 Å². The van der Waals surface area contributed by atoms with Gasteiger partial charge in [0, 0.05) is 0 Å². The van der Waals surface area contributed by atoms with Gasteiger partial charge in [-0.05, 0) is 34.4 Å². The van der Waals surface area contributed by atoms with Crippen LogP contribution < -0.4 is 4.74 Å². The first kappa shape index (κ1) is 10.6. The summed E-state index contributed by atoms with van der Waals surface area (Å²) in [5, 5.41) is 0. The van der Waals surface area contributed by atoms with Gasteiger partial charge in [0.2, 0.25) is 0 Å². The Hall–Kier alpha value is -2.28. The minimum Gasteiger partial charge on any atom is -0.497 e. The van der Waals surface area contributed by atoms with Crippen LogP contribution in [0.4, 0.5) is 0 Å². The van der Waals surface area contributed by atoms with Crippen molar-refractivity contribution in [1.82, 2.24) is 0 Å². The predicted molar refractivity (Wildman–Crippen MR) is 77.5 cm³/mol. The van der Waals surface area contributed by atoms with Crippen molar-refractivity contribution in [3.05, 3.63) is 77.9 Å². The van der Waals surface area contributed by atoms with Crippen LogP contribution in [0.3, 0.4) is 0 Å². The first-order valence-corrected chi connectivity index (χ1v) is 6.51. The lowest BCUT2D eigenvalue weighted by Crippen LogP contribution is -2.17. The fraction of sp³-hybridized carbons (Fsp3) is 0.111. The van der Waals surface area contributed by atoms with Crippen LogP contribution in [0.1, 0.15) is 11.1 Å². The zero-order valence-corrected chi connectivity index (χ0v) is 10.8. The second-order valence-electron chi connectivity index (χ2n) is 5.04. The molecule has 2 aromatic rings. The highest BCUT2D eigenvalue weighted by molar-refractivity contribution is 5.85. The molecule has 1 heteroatoms. The lowest BCUT2D eigenvalue weighted by Gasteiger charge is -2.22. The van der Waals surface area contributed by atoms with E-state index in [0.29, 0.717) is 0 Å². The molecule has 19 heavy (non-hydrogen) atoms. The van der Waals surface area contributed by atoms with E-state index in [9.17, 15) is 0 Å². The Morgan fingerprint density at radius 3 is 2.37 bits per heavy atom. The molecule has 0 bridgehead atoms. The monoisotopic (exact) mass is 246 g/mol.